The number of alkyl halides is 3. The molecule has 1 unspecified atom stereocenters. The second kappa shape index (κ2) is 5.81. The maximum absolute atomic E-state index is 12.3. The summed E-state index contributed by atoms with van der Waals surface area (Å²) < 4.78 is 41.0. The smallest absolute Gasteiger partial charge is 0.404 e. The third kappa shape index (κ3) is 3.88. The summed E-state index contributed by atoms with van der Waals surface area (Å²) in [4.78, 5) is 3.98. The van der Waals surface area contributed by atoms with Gasteiger partial charge in [0.15, 0.2) is 5.75 Å². The van der Waals surface area contributed by atoms with E-state index < -0.39 is 6.36 Å². The predicted molar refractivity (Wildman–Crippen MR) is 69.4 cm³/mol. The lowest BCUT2D eigenvalue weighted by atomic mass is 10.1. The van der Waals surface area contributed by atoms with E-state index in [0.29, 0.717) is 0 Å². The minimum Gasteiger partial charge on any atom is -0.404 e. The monoisotopic (exact) mass is 282 g/mol. The van der Waals surface area contributed by atoms with Crippen molar-refractivity contribution >= 4 is 5.69 Å². The molecule has 6 heteroatoms. The molecule has 1 N–H and O–H groups in total. The van der Waals surface area contributed by atoms with Crippen LogP contribution in [0.25, 0.3) is 0 Å². The van der Waals surface area contributed by atoms with E-state index in [-0.39, 0.29) is 17.5 Å². The highest BCUT2D eigenvalue weighted by atomic mass is 19.4. The van der Waals surface area contributed by atoms with Gasteiger partial charge < -0.3 is 10.1 Å². The molecule has 0 saturated heterocycles. The topological polar surface area (TPSA) is 34.1 Å². The molecule has 2 aromatic rings. The Labute approximate surface area is 114 Å². The molecule has 0 aliphatic carbocycles. The van der Waals surface area contributed by atoms with Crippen LogP contribution >= 0.6 is 0 Å². The predicted octanol–water partition coefficient (Wildman–Crippen LogP) is 4.15. The highest BCUT2D eigenvalue weighted by Crippen LogP contribution is 2.32. The van der Waals surface area contributed by atoms with Crippen molar-refractivity contribution in [1.29, 1.82) is 0 Å². The molecule has 0 fully saturated rings. The van der Waals surface area contributed by atoms with Gasteiger partial charge in [0.2, 0.25) is 0 Å². The average Bonchev–Trinajstić information content (AvgIpc) is 2.40. The molecule has 0 saturated carbocycles. The van der Waals surface area contributed by atoms with Crippen molar-refractivity contribution in [3.8, 4) is 5.75 Å². The lowest BCUT2D eigenvalue weighted by Crippen LogP contribution is -2.18. The standard InChI is InChI=1S/C14H13F3N2O/c1-10(11-5-4-8-18-9-11)19-12-6-2-3-7-13(12)20-14(15,16)17/h2-10,19H,1H3. The van der Waals surface area contributed by atoms with Gasteiger partial charge in [-0.2, -0.15) is 0 Å². The summed E-state index contributed by atoms with van der Waals surface area (Å²) in [5, 5.41) is 2.98. The summed E-state index contributed by atoms with van der Waals surface area (Å²) in [7, 11) is 0. The van der Waals surface area contributed by atoms with E-state index in [9.17, 15) is 13.2 Å². The van der Waals surface area contributed by atoms with Gasteiger partial charge in [0, 0.05) is 12.4 Å². The minimum atomic E-state index is -4.71. The van der Waals surface area contributed by atoms with Gasteiger partial charge in [-0.1, -0.05) is 18.2 Å². The second-order valence-corrected chi connectivity index (χ2v) is 4.20. The lowest BCUT2D eigenvalue weighted by Gasteiger charge is -2.19. The van der Waals surface area contributed by atoms with E-state index in [2.05, 4.69) is 15.0 Å². The minimum absolute atomic E-state index is 0.193. The number of nitrogens with one attached hydrogen (secondary N) is 1. The Balaban J connectivity index is 2.17. The first-order valence-electron chi connectivity index (χ1n) is 5.97. The van der Waals surface area contributed by atoms with Gasteiger partial charge in [-0.05, 0) is 30.7 Å². The van der Waals surface area contributed by atoms with Crippen molar-refractivity contribution in [3.63, 3.8) is 0 Å². The van der Waals surface area contributed by atoms with Crippen LogP contribution in [0.2, 0.25) is 0 Å². The highest BCUT2D eigenvalue weighted by molar-refractivity contribution is 5.57. The molecule has 1 heterocycles. The fraction of sp³-hybridized carbons (Fsp3) is 0.214. The van der Waals surface area contributed by atoms with Crippen LogP contribution in [0.5, 0.6) is 5.75 Å². The Morgan fingerprint density at radius 2 is 1.90 bits per heavy atom. The van der Waals surface area contributed by atoms with Crippen LogP contribution in [0.15, 0.2) is 48.8 Å². The van der Waals surface area contributed by atoms with Crippen LogP contribution in [-0.4, -0.2) is 11.3 Å². The summed E-state index contributed by atoms with van der Waals surface area (Å²) >= 11 is 0. The quantitative estimate of drug-likeness (QED) is 0.914. The number of halogens is 3. The Kier molecular flexibility index (Phi) is 4.12. The molecule has 0 aliphatic heterocycles. The SMILES string of the molecule is CC(Nc1ccccc1OC(F)(F)F)c1cccnc1. The molecule has 0 amide bonds. The van der Waals surface area contributed by atoms with Gasteiger partial charge in [-0.25, -0.2) is 0 Å². The van der Waals surface area contributed by atoms with Crippen LogP contribution in [0.3, 0.4) is 0 Å². The fourth-order valence-electron chi connectivity index (χ4n) is 1.75. The Morgan fingerprint density at radius 3 is 2.55 bits per heavy atom. The van der Waals surface area contributed by atoms with Crippen LogP contribution in [-0.2, 0) is 0 Å². The maximum Gasteiger partial charge on any atom is 0.573 e. The van der Waals surface area contributed by atoms with Gasteiger partial charge in [-0.15, -0.1) is 13.2 Å². The molecule has 0 spiro atoms. The first-order chi connectivity index (χ1) is 9.46. The van der Waals surface area contributed by atoms with E-state index in [1.54, 1.807) is 24.5 Å². The number of ether oxygens (including phenoxy) is 1. The first-order valence-corrected chi connectivity index (χ1v) is 5.97. The van der Waals surface area contributed by atoms with E-state index in [4.69, 9.17) is 0 Å². The zero-order valence-electron chi connectivity index (χ0n) is 10.7. The number of aromatic nitrogens is 1. The van der Waals surface area contributed by atoms with Crippen molar-refractivity contribution in [3.05, 3.63) is 54.4 Å². The van der Waals surface area contributed by atoms with Crippen LogP contribution in [0.4, 0.5) is 18.9 Å². The summed E-state index contributed by atoms with van der Waals surface area (Å²) in [6, 6.07) is 9.35. The zero-order valence-corrected chi connectivity index (χ0v) is 10.7. The summed E-state index contributed by atoms with van der Waals surface area (Å²) in [5.74, 6) is -0.254. The van der Waals surface area contributed by atoms with Gasteiger partial charge in [-0.3, -0.25) is 4.98 Å². The van der Waals surface area contributed by atoms with Crippen molar-refractivity contribution in [2.45, 2.75) is 19.3 Å². The van der Waals surface area contributed by atoms with Gasteiger partial charge in [0.1, 0.15) is 0 Å². The molecule has 0 bridgehead atoms. The molecule has 20 heavy (non-hydrogen) atoms. The van der Waals surface area contributed by atoms with E-state index in [0.717, 1.165) is 5.56 Å². The van der Waals surface area contributed by atoms with Crippen molar-refractivity contribution < 1.29 is 17.9 Å². The van der Waals surface area contributed by atoms with E-state index in [1.165, 1.54) is 18.2 Å². The Morgan fingerprint density at radius 1 is 1.15 bits per heavy atom. The normalized spacial score (nSPS) is 12.8. The molecule has 3 nitrogen and oxygen atoms in total. The number of anilines is 1. The number of pyridine rings is 1. The molecule has 2 rings (SSSR count). The van der Waals surface area contributed by atoms with Gasteiger partial charge >= 0.3 is 6.36 Å². The third-order valence-corrected chi connectivity index (χ3v) is 2.67. The van der Waals surface area contributed by atoms with E-state index in [1.807, 2.05) is 13.0 Å². The molecule has 106 valence electrons. The first kappa shape index (κ1) is 14.2. The average molecular weight is 282 g/mol. The summed E-state index contributed by atoms with van der Waals surface area (Å²) in [5.41, 5.74) is 1.15. The summed E-state index contributed by atoms with van der Waals surface area (Å²) in [6.45, 7) is 1.83. The highest BCUT2D eigenvalue weighted by Gasteiger charge is 2.32. The molecule has 0 radical (unpaired) electrons. The number of nitrogens with zero attached hydrogens (tertiary/aromatic N) is 1. The third-order valence-electron chi connectivity index (χ3n) is 2.67. The van der Waals surface area contributed by atoms with Crippen LogP contribution in [0, 0.1) is 0 Å². The van der Waals surface area contributed by atoms with Crippen molar-refractivity contribution in [2.24, 2.45) is 0 Å². The number of benzene rings is 1. The number of para-hydroxylation sites is 2. The lowest BCUT2D eigenvalue weighted by molar-refractivity contribution is -0.274. The molecule has 1 atom stereocenters. The number of hydrogen-bond acceptors (Lipinski definition) is 3. The summed E-state index contributed by atoms with van der Waals surface area (Å²) in [6.07, 6.45) is -1.42. The van der Waals surface area contributed by atoms with E-state index >= 15 is 0 Å². The van der Waals surface area contributed by atoms with Crippen LogP contribution < -0.4 is 10.1 Å². The Bertz CT molecular complexity index is 558. The fourth-order valence-corrected chi connectivity index (χ4v) is 1.75. The maximum atomic E-state index is 12.3. The van der Waals surface area contributed by atoms with Crippen LogP contribution in [0.1, 0.15) is 18.5 Å². The molecule has 1 aromatic carbocycles. The van der Waals surface area contributed by atoms with Crippen molar-refractivity contribution in [2.75, 3.05) is 5.32 Å². The zero-order chi connectivity index (χ0) is 14.6. The van der Waals surface area contributed by atoms with Crippen molar-refractivity contribution in [1.82, 2.24) is 4.98 Å². The Hall–Kier alpha value is -2.24. The molecular formula is C14H13F3N2O. The molecular weight excluding hydrogens is 269 g/mol. The molecule has 0 aliphatic rings. The number of hydrogen-bond donors (Lipinski definition) is 1. The molecule has 1 aromatic heterocycles. The van der Waals surface area contributed by atoms with Gasteiger partial charge in [0.25, 0.3) is 0 Å². The largest absolute Gasteiger partial charge is 0.573 e. The van der Waals surface area contributed by atoms with Gasteiger partial charge in [0.05, 0.1) is 11.7 Å². The second-order valence-electron chi connectivity index (χ2n) is 4.20. The number of rotatable bonds is 4.